The number of aryl methyl sites for hydroxylation is 1. The number of hydrogen-bond acceptors (Lipinski definition) is 5. The van der Waals surface area contributed by atoms with Gasteiger partial charge in [0.1, 0.15) is 5.82 Å². The zero-order chi connectivity index (χ0) is 20.8. The Labute approximate surface area is 172 Å². The zero-order valence-corrected chi connectivity index (χ0v) is 16.3. The number of nitrogens with zero attached hydrogens (tertiary/aromatic N) is 3. The minimum atomic E-state index is -0.220. The molecule has 2 aromatic heterocycles. The molecule has 4 N–H and O–H groups in total. The molecule has 1 aliphatic carbocycles. The largest absolute Gasteiger partial charge is 0.383 e. The second-order valence-electron chi connectivity index (χ2n) is 7.61. The van der Waals surface area contributed by atoms with Gasteiger partial charge in [-0.3, -0.25) is 14.7 Å². The predicted molar refractivity (Wildman–Crippen MR) is 113 cm³/mol. The molecule has 0 atom stereocenters. The molecule has 2 heterocycles. The van der Waals surface area contributed by atoms with Crippen molar-refractivity contribution in [1.82, 2.24) is 25.3 Å². The first-order valence-corrected chi connectivity index (χ1v) is 9.74. The second-order valence-corrected chi connectivity index (χ2v) is 7.61. The highest BCUT2D eigenvalue weighted by molar-refractivity contribution is 6.13. The topological polar surface area (TPSA) is 119 Å². The number of carbonyl (C=O) groups excluding carboxylic acids is 2. The van der Waals surface area contributed by atoms with Crippen LogP contribution >= 0.6 is 0 Å². The molecule has 0 radical (unpaired) electrons. The van der Waals surface area contributed by atoms with E-state index in [9.17, 15) is 9.59 Å². The van der Waals surface area contributed by atoms with E-state index in [4.69, 9.17) is 5.73 Å². The summed E-state index contributed by atoms with van der Waals surface area (Å²) < 4.78 is 1.51. The van der Waals surface area contributed by atoms with Crippen molar-refractivity contribution in [2.45, 2.75) is 25.8 Å². The number of aromatic nitrogens is 4. The van der Waals surface area contributed by atoms with E-state index in [1.165, 1.54) is 10.9 Å². The fourth-order valence-electron chi connectivity index (χ4n) is 3.44. The van der Waals surface area contributed by atoms with Crippen molar-refractivity contribution in [3.05, 3.63) is 71.0 Å². The first-order chi connectivity index (χ1) is 14.5. The maximum Gasteiger partial charge on any atom is 0.251 e. The molecule has 30 heavy (non-hydrogen) atoms. The normalized spacial score (nSPS) is 13.5. The third-order valence-electron chi connectivity index (χ3n) is 5.37. The van der Waals surface area contributed by atoms with E-state index < -0.39 is 0 Å². The van der Waals surface area contributed by atoms with Gasteiger partial charge in [-0.05, 0) is 55.7 Å². The lowest BCUT2D eigenvalue weighted by Gasteiger charge is -2.11. The van der Waals surface area contributed by atoms with Crippen molar-refractivity contribution in [2.75, 3.05) is 5.73 Å². The van der Waals surface area contributed by atoms with Crippen LogP contribution in [0.1, 0.15) is 44.7 Å². The van der Waals surface area contributed by atoms with Crippen LogP contribution in [0.25, 0.3) is 16.6 Å². The van der Waals surface area contributed by atoms with Crippen molar-refractivity contribution in [2.24, 2.45) is 0 Å². The first-order valence-electron chi connectivity index (χ1n) is 9.74. The molecule has 150 valence electrons. The molecule has 0 unspecified atom stereocenters. The Hall–Kier alpha value is -3.94. The van der Waals surface area contributed by atoms with Crippen LogP contribution in [0.4, 0.5) is 5.82 Å². The number of nitrogens with two attached hydrogens (primary N) is 1. The molecule has 0 saturated heterocycles. The van der Waals surface area contributed by atoms with E-state index in [0.717, 1.165) is 29.3 Å². The van der Waals surface area contributed by atoms with Gasteiger partial charge >= 0.3 is 0 Å². The van der Waals surface area contributed by atoms with Crippen LogP contribution in [-0.2, 0) is 0 Å². The lowest BCUT2D eigenvalue weighted by Crippen LogP contribution is -2.25. The van der Waals surface area contributed by atoms with Crippen LogP contribution in [0.3, 0.4) is 0 Å². The maximum absolute atomic E-state index is 13.0. The standard InChI is InChI=1S/C22H20N6O2/c1-12-2-3-14(22(30)26-16-5-6-16)9-19(12)28-21(23)17(11-25-28)20(29)13-4-7-18-15(8-13)10-24-27-18/h2-4,7-11,16H,5-6,23H2,1H3,(H,24,27)(H,26,30). The highest BCUT2D eigenvalue weighted by Gasteiger charge is 2.24. The summed E-state index contributed by atoms with van der Waals surface area (Å²) in [6.07, 6.45) is 5.17. The number of nitrogens with one attached hydrogen (secondary N) is 2. The van der Waals surface area contributed by atoms with Gasteiger partial charge in [0.05, 0.1) is 29.2 Å². The van der Waals surface area contributed by atoms with Crippen molar-refractivity contribution < 1.29 is 9.59 Å². The van der Waals surface area contributed by atoms with Crippen LogP contribution < -0.4 is 11.1 Å². The molecule has 8 heteroatoms. The highest BCUT2D eigenvalue weighted by atomic mass is 16.1. The lowest BCUT2D eigenvalue weighted by atomic mass is 10.0. The Morgan fingerprint density at radius 2 is 1.93 bits per heavy atom. The summed E-state index contributed by atoms with van der Waals surface area (Å²) in [5, 5.41) is 15.0. The fraction of sp³-hybridized carbons (Fsp3) is 0.182. The minimum absolute atomic E-state index is 0.116. The summed E-state index contributed by atoms with van der Waals surface area (Å²) in [7, 11) is 0. The molecule has 1 aliphatic rings. The number of fused-ring (bicyclic) bond motifs is 1. The summed E-state index contributed by atoms with van der Waals surface area (Å²) in [6, 6.07) is 11.0. The summed E-state index contributed by atoms with van der Waals surface area (Å²) in [5.74, 6) is -0.105. The molecule has 1 saturated carbocycles. The van der Waals surface area contributed by atoms with Crippen LogP contribution in [0.5, 0.6) is 0 Å². The minimum Gasteiger partial charge on any atom is -0.383 e. The first kappa shape index (κ1) is 18.1. The lowest BCUT2D eigenvalue weighted by molar-refractivity contribution is 0.0950. The van der Waals surface area contributed by atoms with Crippen LogP contribution in [0.15, 0.2) is 48.8 Å². The molecule has 1 amide bonds. The molecule has 4 aromatic rings. The molecule has 1 fully saturated rings. The quantitative estimate of drug-likeness (QED) is 0.445. The smallest absolute Gasteiger partial charge is 0.251 e. The Bertz CT molecular complexity index is 1300. The van der Waals surface area contributed by atoms with Gasteiger partial charge < -0.3 is 11.1 Å². The molecule has 2 aromatic carbocycles. The molecular formula is C22H20N6O2. The zero-order valence-electron chi connectivity index (χ0n) is 16.3. The van der Waals surface area contributed by atoms with Gasteiger partial charge in [-0.25, -0.2) is 4.68 Å². The number of hydrogen-bond donors (Lipinski definition) is 3. The molecule has 8 nitrogen and oxygen atoms in total. The number of amides is 1. The van der Waals surface area contributed by atoms with Crippen molar-refractivity contribution in [1.29, 1.82) is 0 Å². The number of H-pyrrole nitrogens is 1. The van der Waals surface area contributed by atoms with E-state index >= 15 is 0 Å². The number of anilines is 1. The van der Waals surface area contributed by atoms with Crippen molar-refractivity contribution in [3.63, 3.8) is 0 Å². The average Bonchev–Trinajstić information content (AvgIpc) is 3.29. The van der Waals surface area contributed by atoms with E-state index in [1.807, 2.05) is 19.1 Å². The summed E-state index contributed by atoms with van der Waals surface area (Å²) >= 11 is 0. The van der Waals surface area contributed by atoms with Gasteiger partial charge in [0.25, 0.3) is 5.91 Å². The Balaban J connectivity index is 1.49. The maximum atomic E-state index is 13.0. The van der Waals surface area contributed by atoms with Crippen molar-refractivity contribution in [3.8, 4) is 5.69 Å². The van der Waals surface area contributed by atoms with Gasteiger partial charge in [0.2, 0.25) is 0 Å². The summed E-state index contributed by atoms with van der Waals surface area (Å²) in [5.41, 5.74) is 10.1. The number of benzene rings is 2. The van der Waals surface area contributed by atoms with Crippen LogP contribution in [-0.4, -0.2) is 37.7 Å². The third kappa shape index (κ3) is 3.12. The predicted octanol–water partition coefficient (Wildman–Crippen LogP) is 2.76. The van der Waals surface area contributed by atoms with Gasteiger partial charge in [-0.2, -0.15) is 10.2 Å². The van der Waals surface area contributed by atoms with Gasteiger partial charge in [-0.15, -0.1) is 0 Å². The molecular weight excluding hydrogens is 380 g/mol. The van der Waals surface area contributed by atoms with Gasteiger partial charge in [0, 0.05) is 22.6 Å². The van der Waals surface area contributed by atoms with Gasteiger partial charge in [-0.1, -0.05) is 6.07 Å². The SMILES string of the molecule is Cc1ccc(C(=O)NC2CC2)cc1-n1ncc(C(=O)c2ccc3[nH]ncc3c2)c1N. The molecule has 0 aliphatic heterocycles. The second kappa shape index (κ2) is 6.84. The number of aromatic amines is 1. The van der Waals surface area contributed by atoms with Crippen LogP contribution in [0.2, 0.25) is 0 Å². The molecule has 0 spiro atoms. The summed E-state index contributed by atoms with van der Waals surface area (Å²) in [6.45, 7) is 1.91. The summed E-state index contributed by atoms with van der Waals surface area (Å²) in [4.78, 5) is 25.5. The van der Waals surface area contributed by atoms with Crippen LogP contribution in [0, 0.1) is 6.92 Å². The number of ketones is 1. The van der Waals surface area contributed by atoms with E-state index in [-0.39, 0.29) is 23.6 Å². The van der Waals surface area contributed by atoms with E-state index in [1.54, 1.807) is 30.5 Å². The number of rotatable bonds is 5. The third-order valence-corrected chi connectivity index (χ3v) is 5.37. The Kier molecular flexibility index (Phi) is 4.13. The molecule has 0 bridgehead atoms. The molecule has 5 rings (SSSR count). The monoisotopic (exact) mass is 400 g/mol. The van der Waals surface area contributed by atoms with Crippen molar-refractivity contribution >= 4 is 28.4 Å². The number of carbonyl (C=O) groups is 2. The average molecular weight is 400 g/mol. The van der Waals surface area contributed by atoms with E-state index in [2.05, 4.69) is 20.6 Å². The highest BCUT2D eigenvalue weighted by Crippen LogP contribution is 2.25. The number of nitrogen functional groups attached to an aromatic ring is 1. The Morgan fingerprint density at radius 1 is 1.13 bits per heavy atom. The Morgan fingerprint density at radius 3 is 2.73 bits per heavy atom. The fourth-order valence-corrected chi connectivity index (χ4v) is 3.44. The van der Waals surface area contributed by atoms with E-state index in [0.29, 0.717) is 22.4 Å². The van der Waals surface area contributed by atoms with Gasteiger partial charge in [0.15, 0.2) is 5.78 Å².